The van der Waals surface area contributed by atoms with Crippen molar-refractivity contribution in [1.29, 1.82) is 0 Å². The Hall–Kier alpha value is -0.880. The van der Waals surface area contributed by atoms with Crippen LogP contribution in [0.4, 0.5) is 0 Å². The number of carboxylic acid groups (broad SMARTS) is 1. The minimum absolute atomic E-state index is 0.833. The SMILES string of the molecule is CC(=O)O.Cc1ccc(P)c(C)c1C. The van der Waals surface area contributed by atoms with Crippen LogP contribution in [0.2, 0.25) is 0 Å². The zero-order valence-corrected chi connectivity index (χ0v) is 10.2. The van der Waals surface area contributed by atoms with E-state index in [2.05, 4.69) is 42.1 Å². The van der Waals surface area contributed by atoms with Crippen LogP contribution in [-0.2, 0) is 4.79 Å². The standard InChI is InChI=1S/C9H13P.C2H4O2/c1-6-4-5-9(10)8(3)7(6)2;1-2(3)4/h4-5H,10H2,1-3H3;1H3,(H,3,4). The van der Waals surface area contributed by atoms with Gasteiger partial charge in [-0.15, -0.1) is 9.24 Å². The maximum Gasteiger partial charge on any atom is 0.300 e. The van der Waals surface area contributed by atoms with Crippen molar-refractivity contribution in [3.8, 4) is 0 Å². The molecule has 2 nitrogen and oxygen atoms in total. The van der Waals surface area contributed by atoms with Gasteiger partial charge < -0.3 is 5.11 Å². The maximum absolute atomic E-state index is 9.00. The van der Waals surface area contributed by atoms with Crippen LogP contribution in [0.5, 0.6) is 0 Å². The van der Waals surface area contributed by atoms with Crippen LogP contribution in [0.25, 0.3) is 0 Å². The molecule has 1 N–H and O–H groups in total. The number of rotatable bonds is 0. The Labute approximate surface area is 87.5 Å². The molecule has 0 heterocycles. The molecule has 1 rings (SSSR count). The summed E-state index contributed by atoms with van der Waals surface area (Å²) in [6, 6.07) is 4.30. The Morgan fingerprint density at radius 3 is 2.00 bits per heavy atom. The topological polar surface area (TPSA) is 37.3 Å². The highest BCUT2D eigenvalue weighted by Crippen LogP contribution is 2.10. The number of benzene rings is 1. The average molecular weight is 212 g/mol. The summed E-state index contributed by atoms with van der Waals surface area (Å²) >= 11 is 0. The van der Waals surface area contributed by atoms with Crippen LogP contribution >= 0.6 is 9.24 Å². The molecular formula is C11H17O2P. The fourth-order valence-electron chi connectivity index (χ4n) is 0.977. The van der Waals surface area contributed by atoms with Crippen molar-refractivity contribution in [2.45, 2.75) is 27.7 Å². The highest BCUT2D eigenvalue weighted by atomic mass is 31.0. The molecule has 1 aromatic rings. The smallest absolute Gasteiger partial charge is 0.300 e. The van der Waals surface area contributed by atoms with E-state index in [1.165, 1.54) is 22.0 Å². The van der Waals surface area contributed by atoms with Crippen molar-refractivity contribution in [3.63, 3.8) is 0 Å². The minimum atomic E-state index is -0.833. The second kappa shape index (κ2) is 5.77. The van der Waals surface area contributed by atoms with Gasteiger partial charge in [0.15, 0.2) is 0 Å². The Morgan fingerprint density at radius 1 is 1.21 bits per heavy atom. The second-order valence-corrected chi connectivity index (χ2v) is 3.86. The molecule has 3 heteroatoms. The zero-order chi connectivity index (χ0) is 11.3. The van der Waals surface area contributed by atoms with Crippen molar-refractivity contribution in [3.05, 3.63) is 28.8 Å². The van der Waals surface area contributed by atoms with E-state index in [1.54, 1.807) is 0 Å². The molecule has 78 valence electrons. The summed E-state index contributed by atoms with van der Waals surface area (Å²) in [7, 11) is 2.74. The molecule has 0 fully saturated rings. The molecule has 1 aromatic carbocycles. The average Bonchev–Trinajstić information content (AvgIpc) is 2.07. The van der Waals surface area contributed by atoms with Crippen LogP contribution in [0, 0.1) is 20.8 Å². The first-order chi connectivity index (χ1) is 6.36. The first kappa shape index (κ1) is 13.1. The molecule has 0 saturated carbocycles. The molecule has 0 aliphatic carbocycles. The number of aliphatic carboxylic acids is 1. The summed E-state index contributed by atoms with van der Waals surface area (Å²) in [6.07, 6.45) is 0. The molecule has 0 saturated heterocycles. The summed E-state index contributed by atoms with van der Waals surface area (Å²) in [5.74, 6) is -0.833. The highest BCUT2D eigenvalue weighted by molar-refractivity contribution is 7.27. The van der Waals surface area contributed by atoms with E-state index >= 15 is 0 Å². The van der Waals surface area contributed by atoms with E-state index in [1.807, 2.05) is 0 Å². The van der Waals surface area contributed by atoms with Crippen LogP contribution in [-0.4, -0.2) is 11.1 Å². The van der Waals surface area contributed by atoms with Gasteiger partial charge in [-0.05, 0) is 42.8 Å². The van der Waals surface area contributed by atoms with Gasteiger partial charge in [0.2, 0.25) is 0 Å². The van der Waals surface area contributed by atoms with E-state index in [0.29, 0.717) is 0 Å². The van der Waals surface area contributed by atoms with E-state index in [9.17, 15) is 0 Å². The molecule has 0 radical (unpaired) electrons. The predicted molar refractivity (Wildman–Crippen MR) is 63.3 cm³/mol. The van der Waals surface area contributed by atoms with Gasteiger partial charge in [-0.1, -0.05) is 12.1 Å². The van der Waals surface area contributed by atoms with Crippen molar-refractivity contribution >= 4 is 20.5 Å². The summed E-state index contributed by atoms with van der Waals surface area (Å²) in [5.41, 5.74) is 4.18. The van der Waals surface area contributed by atoms with Crippen molar-refractivity contribution in [1.82, 2.24) is 0 Å². The molecule has 14 heavy (non-hydrogen) atoms. The third-order valence-electron chi connectivity index (χ3n) is 2.10. The van der Waals surface area contributed by atoms with E-state index in [0.717, 1.165) is 6.92 Å². The molecule has 0 amide bonds. The van der Waals surface area contributed by atoms with Gasteiger partial charge in [0.05, 0.1) is 0 Å². The van der Waals surface area contributed by atoms with Crippen molar-refractivity contribution in [2.24, 2.45) is 0 Å². The monoisotopic (exact) mass is 212 g/mol. The van der Waals surface area contributed by atoms with Gasteiger partial charge in [-0.2, -0.15) is 0 Å². The fraction of sp³-hybridized carbons (Fsp3) is 0.364. The van der Waals surface area contributed by atoms with Gasteiger partial charge in [0, 0.05) is 6.92 Å². The highest BCUT2D eigenvalue weighted by Gasteiger charge is 1.97. The lowest BCUT2D eigenvalue weighted by atomic mass is 10.1. The molecule has 0 aromatic heterocycles. The minimum Gasteiger partial charge on any atom is -0.481 e. The van der Waals surface area contributed by atoms with E-state index in [-0.39, 0.29) is 0 Å². The Kier molecular flexibility index (Phi) is 5.40. The normalized spacial score (nSPS) is 8.93. The van der Waals surface area contributed by atoms with Crippen molar-refractivity contribution in [2.75, 3.05) is 0 Å². The lowest BCUT2D eigenvalue weighted by molar-refractivity contribution is -0.134. The quantitative estimate of drug-likeness (QED) is 0.669. The lowest BCUT2D eigenvalue weighted by Crippen LogP contribution is -2.00. The number of hydrogen-bond acceptors (Lipinski definition) is 1. The summed E-state index contributed by atoms with van der Waals surface area (Å²) in [5, 5.41) is 8.73. The van der Waals surface area contributed by atoms with Gasteiger partial charge >= 0.3 is 0 Å². The predicted octanol–water partition coefficient (Wildman–Crippen LogP) is 2.20. The van der Waals surface area contributed by atoms with Gasteiger partial charge in [-0.3, -0.25) is 4.79 Å². The zero-order valence-electron chi connectivity index (χ0n) is 9.09. The van der Waals surface area contributed by atoms with E-state index < -0.39 is 5.97 Å². The third-order valence-corrected chi connectivity index (χ3v) is 2.73. The number of carboxylic acids is 1. The maximum atomic E-state index is 9.00. The first-order valence-electron chi connectivity index (χ1n) is 4.38. The first-order valence-corrected chi connectivity index (χ1v) is 4.95. The van der Waals surface area contributed by atoms with Crippen molar-refractivity contribution < 1.29 is 9.90 Å². The van der Waals surface area contributed by atoms with Gasteiger partial charge in [0.1, 0.15) is 0 Å². The molecule has 1 atom stereocenters. The largest absolute Gasteiger partial charge is 0.481 e. The van der Waals surface area contributed by atoms with E-state index in [4.69, 9.17) is 9.90 Å². The van der Waals surface area contributed by atoms with Gasteiger partial charge in [0.25, 0.3) is 5.97 Å². The summed E-state index contributed by atoms with van der Waals surface area (Å²) in [6.45, 7) is 7.55. The molecule has 0 bridgehead atoms. The molecule has 0 spiro atoms. The van der Waals surface area contributed by atoms with Gasteiger partial charge in [-0.25, -0.2) is 0 Å². The lowest BCUT2D eigenvalue weighted by Gasteiger charge is -2.05. The number of aryl methyl sites for hydroxylation is 1. The molecular weight excluding hydrogens is 195 g/mol. The molecule has 0 aliphatic heterocycles. The van der Waals surface area contributed by atoms with Crippen LogP contribution in [0.15, 0.2) is 12.1 Å². The van der Waals surface area contributed by atoms with Crippen LogP contribution in [0.1, 0.15) is 23.6 Å². The third kappa shape index (κ3) is 4.38. The fourth-order valence-corrected chi connectivity index (χ4v) is 1.29. The second-order valence-electron chi connectivity index (χ2n) is 3.24. The number of hydrogen-bond donors (Lipinski definition) is 1. The number of carbonyl (C=O) groups is 1. The van der Waals surface area contributed by atoms with Crippen LogP contribution < -0.4 is 5.30 Å². The summed E-state index contributed by atoms with van der Waals surface area (Å²) in [4.78, 5) is 9.00. The van der Waals surface area contributed by atoms with Crippen LogP contribution in [0.3, 0.4) is 0 Å². The molecule has 0 aliphatic rings. The Morgan fingerprint density at radius 2 is 1.64 bits per heavy atom. The Balaban J connectivity index is 0.000000364. The summed E-state index contributed by atoms with van der Waals surface area (Å²) < 4.78 is 0. The Bertz CT molecular complexity index is 301. The molecule has 1 unspecified atom stereocenters.